The number of nitrogens with zero attached hydrogens (tertiary/aromatic N) is 2. The molecule has 1 atom stereocenters. The van der Waals surface area contributed by atoms with Gasteiger partial charge in [-0.3, -0.25) is 19.0 Å². The molecule has 44 heavy (non-hydrogen) atoms. The Kier molecular flexibility index (Phi) is 9.90. The molecule has 0 radical (unpaired) electrons. The monoisotopic (exact) mass is 595 g/mol. The van der Waals surface area contributed by atoms with Gasteiger partial charge < -0.3 is 16.0 Å². The number of rotatable bonds is 11. The summed E-state index contributed by atoms with van der Waals surface area (Å²) in [5.41, 5.74) is 4.99. The maximum Gasteiger partial charge on any atom is 0.294 e. The van der Waals surface area contributed by atoms with Gasteiger partial charge in [-0.1, -0.05) is 38.6 Å². The Morgan fingerprint density at radius 1 is 1.00 bits per heavy atom. The summed E-state index contributed by atoms with van der Waals surface area (Å²) in [5, 5.41) is 8.80. The van der Waals surface area contributed by atoms with E-state index in [-0.39, 0.29) is 36.0 Å². The van der Waals surface area contributed by atoms with Crippen LogP contribution >= 0.6 is 0 Å². The van der Waals surface area contributed by atoms with Crippen LogP contribution in [0, 0.1) is 12.7 Å². The minimum Gasteiger partial charge on any atom is -0.355 e. The molecule has 0 saturated carbocycles. The molecule has 0 fully saturated rings. The second-order valence-electron chi connectivity index (χ2n) is 11.1. The zero-order valence-corrected chi connectivity index (χ0v) is 25.9. The predicted octanol–water partition coefficient (Wildman–Crippen LogP) is 5.65. The Morgan fingerprint density at radius 2 is 1.70 bits per heavy atom. The Labute approximate surface area is 257 Å². The first-order valence-corrected chi connectivity index (χ1v) is 14.4. The molecule has 0 saturated heterocycles. The van der Waals surface area contributed by atoms with Crippen LogP contribution in [-0.4, -0.2) is 41.4 Å². The normalized spacial score (nSPS) is 11.7. The number of benzene rings is 3. The van der Waals surface area contributed by atoms with E-state index in [2.05, 4.69) is 27.5 Å². The fourth-order valence-electron chi connectivity index (χ4n) is 4.90. The molecule has 3 aromatic carbocycles. The first kappa shape index (κ1) is 32.0. The number of ketones is 1. The number of amides is 1. The molecule has 4 rings (SSSR count). The molecular weight excluding hydrogens is 557 g/mol. The van der Waals surface area contributed by atoms with Crippen LogP contribution < -0.4 is 21.5 Å². The maximum atomic E-state index is 14.1. The largest absolute Gasteiger partial charge is 0.355 e. The van der Waals surface area contributed by atoms with Crippen molar-refractivity contribution >= 4 is 17.5 Å². The van der Waals surface area contributed by atoms with E-state index in [0.717, 1.165) is 11.1 Å². The van der Waals surface area contributed by atoms with Crippen molar-refractivity contribution in [2.75, 3.05) is 19.4 Å². The second-order valence-corrected chi connectivity index (χ2v) is 11.1. The van der Waals surface area contributed by atoms with Crippen molar-refractivity contribution in [3.8, 4) is 11.3 Å². The van der Waals surface area contributed by atoms with Crippen LogP contribution in [0.25, 0.3) is 11.3 Å². The number of nitrogens with one attached hydrogen (secondary N) is 3. The standard InChI is InChI=1S/C35H38FN5O3/c1-20(2)26-15-24(16-27(17-26)32(42)25-11-13-28(36)14-12-25)19-41-31(29-9-8-10-30(21(29)3)34(43)38-7)18-39-33(35(41)44)40-23(5)22(4)37-6/h8-18,20,22,37H,5,19H2,1-4,6-7H3,(H,38,43)(H,39,40)/t22-/m0/s1. The van der Waals surface area contributed by atoms with E-state index < -0.39 is 11.4 Å². The lowest BCUT2D eigenvalue weighted by Gasteiger charge is -2.20. The molecule has 0 spiro atoms. The molecule has 4 aromatic rings. The lowest BCUT2D eigenvalue weighted by Crippen LogP contribution is -2.31. The van der Waals surface area contributed by atoms with E-state index in [4.69, 9.17) is 0 Å². The summed E-state index contributed by atoms with van der Waals surface area (Å²) in [6.45, 7) is 12.0. The first-order valence-electron chi connectivity index (χ1n) is 14.4. The number of anilines is 1. The molecule has 1 aromatic heterocycles. The van der Waals surface area contributed by atoms with Gasteiger partial charge in [0.1, 0.15) is 5.82 Å². The zero-order valence-electron chi connectivity index (χ0n) is 25.9. The van der Waals surface area contributed by atoms with Crippen molar-refractivity contribution in [1.82, 2.24) is 20.2 Å². The van der Waals surface area contributed by atoms with Gasteiger partial charge in [-0.05, 0) is 86.0 Å². The van der Waals surface area contributed by atoms with Crippen LogP contribution in [0.1, 0.15) is 69.7 Å². The lowest BCUT2D eigenvalue weighted by atomic mass is 9.94. The lowest BCUT2D eigenvalue weighted by molar-refractivity contribution is 0.0961. The molecule has 228 valence electrons. The summed E-state index contributed by atoms with van der Waals surface area (Å²) in [6.07, 6.45) is 1.61. The van der Waals surface area contributed by atoms with Crippen LogP contribution in [0.4, 0.5) is 10.2 Å². The molecule has 8 nitrogen and oxygen atoms in total. The smallest absolute Gasteiger partial charge is 0.294 e. The number of aromatic nitrogens is 2. The molecule has 0 aliphatic carbocycles. The highest BCUT2D eigenvalue weighted by Crippen LogP contribution is 2.27. The average molecular weight is 596 g/mol. The highest BCUT2D eigenvalue weighted by molar-refractivity contribution is 6.09. The third-order valence-corrected chi connectivity index (χ3v) is 7.76. The van der Waals surface area contributed by atoms with Gasteiger partial charge in [-0.2, -0.15) is 0 Å². The van der Waals surface area contributed by atoms with Crippen molar-refractivity contribution in [2.45, 2.75) is 46.2 Å². The van der Waals surface area contributed by atoms with Crippen molar-refractivity contribution in [1.29, 1.82) is 0 Å². The van der Waals surface area contributed by atoms with Gasteiger partial charge in [0.25, 0.3) is 11.5 Å². The Morgan fingerprint density at radius 3 is 2.34 bits per heavy atom. The Balaban J connectivity index is 1.90. The third kappa shape index (κ3) is 6.84. The summed E-state index contributed by atoms with van der Waals surface area (Å²) >= 11 is 0. The molecule has 0 aliphatic rings. The SMILES string of the molecule is C=C(Nc1ncc(-c2cccc(C(=O)NC)c2C)n(Cc2cc(C(=O)c3ccc(F)cc3)cc(C(C)C)c2)c1=O)[C@H](C)NC. The van der Waals surface area contributed by atoms with E-state index in [1.165, 1.54) is 24.3 Å². The van der Waals surface area contributed by atoms with Gasteiger partial charge in [0, 0.05) is 41.0 Å². The van der Waals surface area contributed by atoms with Crippen molar-refractivity contribution in [3.63, 3.8) is 0 Å². The Hall–Kier alpha value is -4.89. The number of hydrogen-bond donors (Lipinski definition) is 3. The van der Waals surface area contributed by atoms with Gasteiger partial charge in [-0.15, -0.1) is 0 Å². The highest BCUT2D eigenvalue weighted by atomic mass is 19.1. The Bertz CT molecular complexity index is 1780. The van der Waals surface area contributed by atoms with Crippen LogP contribution in [-0.2, 0) is 6.54 Å². The molecule has 1 amide bonds. The van der Waals surface area contributed by atoms with E-state index in [1.807, 2.05) is 45.9 Å². The van der Waals surface area contributed by atoms with E-state index >= 15 is 0 Å². The van der Waals surface area contributed by atoms with E-state index in [9.17, 15) is 18.8 Å². The van der Waals surface area contributed by atoms with Crippen LogP contribution in [0.2, 0.25) is 0 Å². The number of hydrogen-bond acceptors (Lipinski definition) is 6. The van der Waals surface area contributed by atoms with Gasteiger partial charge in [0.15, 0.2) is 11.6 Å². The maximum absolute atomic E-state index is 14.1. The van der Waals surface area contributed by atoms with Crippen molar-refractivity contribution in [2.24, 2.45) is 0 Å². The van der Waals surface area contributed by atoms with Gasteiger partial charge in [0.05, 0.1) is 18.4 Å². The molecule has 0 aliphatic heterocycles. The highest BCUT2D eigenvalue weighted by Gasteiger charge is 2.20. The number of likely N-dealkylation sites (N-methyl/N-ethyl adjacent to an activating group) is 1. The third-order valence-electron chi connectivity index (χ3n) is 7.76. The second kappa shape index (κ2) is 13.6. The molecule has 0 bridgehead atoms. The van der Waals surface area contributed by atoms with Gasteiger partial charge >= 0.3 is 0 Å². The van der Waals surface area contributed by atoms with E-state index in [1.54, 1.807) is 43.1 Å². The van der Waals surface area contributed by atoms with Crippen molar-refractivity contribution in [3.05, 3.63) is 129 Å². The summed E-state index contributed by atoms with van der Waals surface area (Å²) in [6, 6.07) is 16.2. The fourth-order valence-corrected chi connectivity index (χ4v) is 4.90. The van der Waals surface area contributed by atoms with Crippen LogP contribution in [0.5, 0.6) is 0 Å². The molecule has 9 heteroatoms. The molecule has 3 N–H and O–H groups in total. The minimum atomic E-state index is -0.422. The summed E-state index contributed by atoms with van der Waals surface area (Å²) in [7, 11) is 3.36. The summed E-state index contributed by atoms with van der Waals surface area (Å²) in [4.78, 5) is 44.6. The fraction of sp³-hybridized carbons (Fsp3) is 0.257. The van der Waals surface area contributed by atoms with Gasteiger partial charge in [-0.25, -0.2) is 9.37 Å². The minimum absolute atomic E-state index is 0.0958. The topological polar surface area (TPSA) is 105 Å². The summed E-state index contributed by atoms with van der Waals surface area (Å²) < 4.78 is 15.1. The average Bonchev–Trinajstić information content (AvgIpc) is 3.02. The quantitative estimate of drug-likeness (QED) is 0.194. The van der Waals surface area contributed by atoms with Gasteiger partial charge in [0.2, 0.25) is 0 Å². The first-order chi connectivity index (χ1) is 20.9. The molecular formula is C35H38FN5O3. The number of carbonyl (C=O) groups excluding carboxylic acids is 2. The van der Waals surface area contributed by atoms with E-state index in [0.29, 0.717) is 39.2 Å². The number of carbonyl (C=O) groups is 2. The predicted molar refractivity (Wildman–Crippen MR) is 173 cm³/mol. The molecule has 0 unspecified atom stereocenters. The zero-order chi connectivity index (χ0) is 32.1. The number of halogens is 1. The molecule has 1 heterocycles. The van der Waals surface area contributed by atoms with Crippen LogP contribution in [0.15, 0.2) is 83.9 Å². The van der Waals surface area contributed by atoms with Crippen molar-refractivity contribution < 1.29 is 14.0 Å². The summed E-state index contributed by atoms with van der Waals surface area (Å²) in [5.74, 6) is -0.711. The van der Waals surface area contributed by atoms with Crippen LogP contribution in [0.3, 0.4) is 0 Å².